The van der Waals surface area contributed by atoms with Gasteiger partial charge in [0, 0.05) is 23.0 Å². The average Bonchev–Trinajstić information content (AvgIpc) is 2.24. The maximum absolute atomic E-state index is 5.38. The molecule has 0 saturated heterocycles. The Morgan fingerprint density at radius 1 is 1.40 bits per heavy atom. The SMILES string of the molecule is CCOCCC(CBr)c1cccc(Br)c1. The van der Waals surface area contributed by atoms with Crippen molar-refractivity contribution in [3.63, 3.8) is 0 Å². The highest BCUT2D eigenvalue weighted by Gasteiger charge is 2.09. The molecule has 1 unspecified atom stereocenters. The normalized spacial score (nSPS) is 12.7. The van der Waals surface area contributed by atoms with Crippen LogP contribution in [0.25, 0.3) is 0 Å². The molecule has 0 aromatic heterocycles. The maximum Gasteiger partial charge on any atom is 0.0472 e. The van der Waals surface area contributed by atoms with E-state index in [9.17, 15) is 0 Å². The van der Waals surface area contributed by atoms with Gasteiger partial charge in [-0.1, -0.05) is 44.0 Å². The van der Waals surface area contributed by atoms with E-state index in [1.54, 1.807) is 0 Å². The first kappa shape index (κ1) is 13.2. The van der Waals surface area contributed by atoms with Crippen molar-refractivity contribution in [2.45, 2.75) is 19.3 Å². The molecule has 1 aromatic rings. The molecule has 0 aliphatic rings. The van der Waals surface area contributed by atoms with E-state index in [1.807, 2.05) is 6.92 Å². The average molecular weight is 336 g/mol. The van der Waals surface area contributed by atoms with Crippen molar-refractivity contribution >= 4 is 31.9 Å². The first-order chi connectivity index (χ1) is 7.27. The van der Waals surface area contributed by atoms with Crippen molar-refractivity contribution in [2.75, 3.05) is 18.5 Å². The fourth-order valence-corrected chi connectivity index (χ4v) is 2.58. The monoisotopic (exact) mass is 334 g/mol. The number of alkyl halides is 1. The highest BCUT2D eigenvalue weighted by Crippen LogP contribution is 2.24. The van der Waals surface area contributed by atoms with Gasteiger partial charge in [-0.25, -0.2) is 0 Å². The number of hydrogen-bond donors (Lipinski definition) is 0. The van der Waals surface area contributed by atoms with Crippen molar-refractivity contribution in [1.29, 1.82) is 0 Å². The van der Waals surface area contributed by atoms with Gasteiger partial charge >= 0.3 is 0 Å². The molecule has 0 spiro atoms. The standard InChI is InChI=1S/C12H16Br2O/c1-2-15-7-6-11(9-13)10-4-3-5-12(14)8-10/h3-5,8,11H,2,6-7,9H2,1H3. The summed E-state index contributed by atoms with van der Waals surface area (Å²) in [5, 5.41) is 0.983. The van der Waals surface area contributed by atoms with Crippen LogP contribution in [0.2, 0.25) is 0 Å². The van der Waals surface area contributed by atoms with Crippen molar-refractivity contribution in [3.05, 3.63) is 34.3 Å². The molecule has 0 amide bonds. The Hall–Kier alpha value is 0.140. The topological polar surface area (TPSA) is 9.23 Å². The molecule has 1 nitrogen and oxygen atoms in total. The first-order valence-corrected chi connectivity index (χ1v) is 7.08. The van der Waals surface area contributed by atoms with E-state index in [4.69, 9.17) is 4.74 Å². The molecule has 0 aliphatic heterocycles. The molecule has 0 N–H and O–H groups in total. The molecule has 15 heavy (non-hydrogen) atoms. The van der Waals surface area contributed by atoms with Gasteiger partial charge in [0.2, 0.25) is 0 Å². The Morgan fingerprint density at radius 2 is 2.20 bits per heavy atom. The summed E-state index contributed by atoms with van der Waals surface area (Å²) in [6.07, 6.45) is 1.07. The van der Waals surface area contributed by atoms with Gasteiger partial charge < -0.3 is 4.74 Å². The van der Waals surface area contributed by atoms with Gasteiger partial charge in [-0.15, -0.1) is 0 Å². The van der Waals surface area contributed by atoms with Crippen LogP contribution in [0, 0.1) is 0 Å². The Labute approximate surface area is 108 Å². The van der Waals surface area contributed by atoms with Gasteiger partial charge in [0.1, 0.15) is 0 Å². The molecule has 0 radical (unpaired) electrons. The predicted molar refractivity (Wildman–Crippen MR) is 71.8 cm³/mol. The molecule has 0 saturated carbocycles. The van der Waals surface area contributed by atoms with Gasteiger partial charge in [0.05, 0.1) is 0 Å². The molecular formula is C12H16Br2O. The summed E-state index contributed by atoms with van der Waals surface area (Å²) in [4.78, 5) is 0. The van der Waals surface area contributed by atoms with E-state index in [0.717, 1.165) is 29.4 Å². The number of benzene rings is 1. The third-order valence-electron chi connectivity index (χ3n) is 2.32. The second-order valence-electron chi connectivity index (χ2n) is 3.39. The van der Waals surface area contributed by atoms with Crippen LogP contribution < -0.4 is 0 Å². The minimum atomic E-state index is 0.536. The summed E-state index contributed by atoms with van der Waals surface area (Å²) in [5.41, 5.74) is 1.36. The van der Waals surface area contributed by atoms with Crippen molar-refractivity contribution in [2.24, 2.45) is 0 Å². The van der Waals surface area contributed by atoms with E-state index < -0.39 is 0 Å². The molecule has 0 aliphatic carbocycles. The lowest BCUT2D eigenvalue weighted by Gasteiger charge is -2.14. The van der Waals surface area contributed by atoms with E-state index in [2.05, 4.69) is 56.1 Å². The van der Waals surface area contributed by atoms with Gasteiger partial charge in [0.15, 0.2) is 0 Å². The van der Waals surface area contributed by atoms with Gasteiger partial charge in [0.25, 0.3) is 0 Å². The van der Waals surface area contributed by atoms with Crippen molar-refractivity contribution < 1.29 is 4.74 Å². The zero-order valence-corrected chi connectivity index (χ0v) is 12.1. The summed E-state index contributed by atoms with van der Waals surface area (Å²) >= 11 is 7.05. The summed E-state index contributed by atoms with van der Waals surface area (Å²) < 4.78 is 6.53. The number of ether oxygens (including phenoxy) is 1. The largest absolute Gasteiger partial charge is 0.382 e. The predicted octanol–water partition coefficient (Wildman–Crippen LogP) is 4.35. The van der Waals surface area contributed by atoms with Gasteiger partial charge in [-0.05, 0) is 37.0 Å². The molecule has 0 fully saturated rings. The zero-order chi connectivity index (χ0) is 11.1. The smallest absolute Gasteiger partial charge is 0.0472 e. The summed E-state index contributed by atoms with van der Waals surface area (Å²) in [6.45, 7) is 3.66. The first-order valence-electron chi connectivity index (χ1n) is 5.17. The molecule has 1 aromatic carbocycles. The van der Waals surface area contributed by atoms with Crippen LogP contribution in [-0.2, 0) is 4.74 Å². The molecule has 1 rings (SSSR count). The fourth-order valence-electron chi connectivity index (χ4n) is 1.46. The fraction of sp³-hybridized carbons (Fsp3) is 0.500. The number of rotatable bonds is 6. The van der Waals surface area contributed by atoms with Crippen LogP contribution in [0.4, 0.5) is 0 Å². The zero-order valence-electron chi connectivity index (χ0n) is 8.88. The second kappa shape index (κ2) is 7.42. The Kier molecular flexibility index (Phi) is 6.53. The highest BCUT2D eigenvalue weighted by atomic mass is 79.9. The molecule has 84 valence electrons. The van der Waals surface area contributed by atoms with Crippen LogP contribution in [-0.4, -0.2) is 18.5 Å². The number of hydrogen-bond acceptors (Lipinski definition) is 1. The number of halogens is 2. The minimum Gasteiger partial charge on any atom is -0.382 e. The Morgan fingerprint density at radius 3 is 2.80 bits per heavy atom. The Balaban J connectivity index is 2.57. The lowest BCUT2D eigenvalue weighted by molar-refractivity contribution is 0.141. The van der Waals surface area contributed by atoms with E-state index >= 15 is 0 Å². The summed E-state index contributed by atoms with van der Waals surface area (Å²) in [6, 6.07) is 8.48. The lowest BCUT2D eigenvalue weighted by Crippen LogP contribution is -2.05. The highest BCUT2D eigenvalue weighted by molar-refractivity contribution is 9.10. The third kappa shape index (κ3) is 4.66. The third-order valence-corrected chi connectivity index (χ3v) is 3.60. The van der Waals surface area contributed by atoms with Crippen LogP contribution >= 0.6 is 31.9 Å². The Bertz CT molecular complexity index is 289. The second-order valence-corrected chi connectivity index (χ2v) is 4.95. The van der Waals surface area contributed by atoms with E-state index in [0.29, 0.717) is 5.92 Å². The van der Waals surface area contributed by atoms with Crippen molar-refractivity contribution in [1.82, 2.24) is 0 Å². The van der Waals surface area contributed by atoms with Crippen LogP contribution in [0.1, 0.15) is 24.8 Å². The molecule has 0 bridgehead atoms. The van der Waals surface area contributed by atoms with Gasteiger partial charge in [-0.2, -0.15) is 0 Å². The van der Waals surface area contributed by atoms with Crippen molar-refractivity contribution in [3.8, 4) is 0 Å². The van der Waals surface area contributed by atoms with Gasteiger partial charge in [-0.3, -0.25) is 0 Å². The molecule has 3 heteroatoms. The summed E-state index contributed by atoms with van der Waals surface area (Å²) in [7, 11) is 0. The minimum absolute atomic E-state index is 0.536. The summed E-state index contributed by atoms with van der Waals surface area (Å²) in [5.74, 6) is 0.536. The molecular weight excluding hydrogens is 320 g/mol. The van der Waals surface area contributed by atoms with Crippen LogP contribution in [0.3, 0.4) is 0 Å². The van der Waals surface area contributed by atoms with Crippen LogP contribution in [0.15, 0.2) is 28.7 Å². The maximum atomic E-state index is 5.38. The quantitative estimate of drug-likeness (QED) is 0.554. The van der Waals surface area contributed by atoms with E-state index in [-0.39, 0.29) is 0 Å². The van der Waals surface area contributed by atoms with E-state index in [1.165, 1.54) is 5.56 Å². The van der Waals surface area contributed by atoms with Crippen LogP contribution in [0.5, 0.6) is 0 Å². The molecule has 1 atom stereocenters. The lowest BCUT2D eigenvalue weighted by atomic mass is 9.98. The molecule has 0 heterocycles.